The minimum atomic E-state index is -0.465. The molecule has 0 unspecified atom stereocenters. The van der Waals surface area contributed by atoms with Crippen LogP contribution in [-0.2, 0) is 4.74 Å². The molecular formula is C20H17ClFNO2. The number of halogens is 2. The predicted octanol–water partition coefficient (Wildman–Crippen LogP) is 5.65. The lowest BCUT2D eigenvalue weighted by molar-refractivity contribution is 0.0500. The summed E-state index contributed by atoms with van der Waals surface area (Å²) in [7, 11) is 0. The minimum Gasteiger partial charge on any atom is -0.462 e. The number of esters is 1. The van der Waals surface area contributed by atoms with Gasteiger partial charge in [0.25, 0.3) is 0 Å². The summed E-state index contributed by atoms with van der Waals surface area (Å²) in [4.78, 5) is 16.0. The van der Waals surface area contributed by atoms with Crippen molar-refractivity contribution >= 4 is 28.3 Å². The van der Waals surface area contributed by atoms with Crippen LogP contribution in [0.25, 0.3) is 21.9 Å². The molecule has 0 N–H and O–H groups in total. The van der Waals surface area contributed by atoms with Crippen molar-refractivity contribution in [2.45, 2.75) is 19.8 Å². The monoisotopic (exact) mass is 357 g/mol. The van der Waals surface area contributed by atoms with E-state index in [4.69, 9.17) is 16.3 Å². The Bertz CT molecular complexity index is 927. The fraction of sp³-hybridized carbons (Fsp3) is 0.200. The zero-order chi connectivity index (χ0) is 17.8. The maximum absolute atomic E-state index is 14.2. The number of hydrogen-bond donors (Lipinski definition) is 0. The summed E-state index contributed by atoms with van der Waals surface area (Å²) in [6.45, 7) is 2.41. The van der Waals surface area contributed by atoms with Crippen LogP contribution >= 0.6 is 11.6 Å². The first-order chi connectivity index (χ1) is 12.1. The van der Waals surface area contributed by atoms with Gasteiger partial charge in [-0.15, -0.1) is 0 Å². The number of ether oxygens (including phenoxy) is 1. The van der Waals surface area contributed by atoms with Crippen molar-refractivity contribution in [2.24, 2.45) is 0 Å². The fourth-order valence-corrected chi connectivity index (χ4v) is 2.93. The first-order valence-electron chi connectivity index (χ1n) is 8.11. The van der Waals surface area contributed by atoms with Crippen LogP contribution in [0.15, 0.2) is 48.8 Å². The minimum absolute atomic E-state index is 0.349. The Morgan fingerprint density at radius 1 is 1.24 bits per heavy atom. The van der Waals surface area contributed by atoms with Crippen molar-refractivity contribution in [1.82, 2.24) is 4.98 Å². The van der Waals surface area contributed by atoms with Gasteiger partial charge in [0.05, 0.1) is 18.4 Å². The van der Waals surface area contributed by atoms with Crippen LogP contribution in [0.3, 0.4) is 0 Å². The number of unbranched alkanes of at least 4 members (excludes halogenated alkanes) is 1. The average Bonchev–Trinajstić information content (AvgIpc) is 2.62. The average molecular weight is 358 g/mol. The van der Waals surface area contributed by atoms with Crippen LogP contribution in [0.5, 0.6) is 0 Å². The van der Waals surface area contributed by atoms with Gasteiger partial charge in [-0.1, -0.05) is 37.1 Å². The lowest BCUT2D eigenvalue weighted by Crippen LogP contribution is -2.06. The Morgan fingerprint density at radius 3 is 2.80 bits per heavy atom. The van der Waals surface area contributed by atoms with Gasteiger partial charge in [0, 0.05) is 22.3 Å². The van der Waals surface area contributed by atoms with E-state index in [1.807, 2.05) is 19.1 Å². The molecule has 0 atom stereocenters. The van der Waals surface area contributed by atoms with Crippen molar-refractivity contribution in [1.29, 1.82) is 0 Å². The Labute approximate surface area is 150 Å². The molecule has 0 aliphatic rings. The molecule has 3 aromatic rings. The number of pyridine rings is 1. The Balaban J connectivity index is 2.10. The number of hydrogen-bond acceptors (Lipinski definition) is 3. The molecule has 5 heteroatoms. The van der Waals surface area contributed by atoms with Crippen molar-refractivity contribution in [3.05, 3.63) is 65.2 Å². The quantitative estimate of drug-likeness (QED) is 0.437. The van der Waals surface area contributed by atoms with Gasteiger partial charge in [0.2, 0.25) is 0 Å². The Kier molecular flexibility index (Phi) is 5.29. The predicted molar refractivity (Wildman–Crippen MR) is 97.3 cm³/mol. The van der Waals surface area contributed by atoms with Crippen molar-refractivity contribution in [3.63, 3.8) is 0 Å². The molecule has 0 bridgehead atoms. The molecule has 0 saturated carbocycles. The molecule has 0 aliphatic heterocycles. The third-order valence-electron chi connectivity index (χ3n) is 3.98. The van der Waals surface area contributed by atoms with Crippen LogP contribution in [0.1, 0.15) is 30.1 Å². The molecule has 2 aromatic carbocycles. The number of carbonyl (C=O) groups is 1. The number of fused-ring (bicyclic) bond motifs is 1. The second-order valence-corrected chi connectivity index (χ2v) is 6.11. The number of rotatable bonds is 5. The molecule has 1 aromatic heterocycles. The highest BCUT2D eigenvalue weighted by molar-refractivity contribution is 6.35. The van der Waals surface area contributed by atoms with E-state index in [1.165, 1.54) is 6.20 Å². The van der Waals surface area contributed by atoms with E-state index < -0.39 is 11.8 Å². The third-order valence-corrected chi connectivity index (χ3v) is 4.29. The van der Waals surface area contributed by atoms with E-state index in [-0.39, 0.29) is 0 Å². The zero-order valence-electron chi connectivity index (χ0n) is 13.8. The van der Waals surface area contributed by atoms with Crippen LogP contribution in [0.2, 0.25) is 5.02 Å². The molecule has 3 nitrogen and oxygen atoms in total. The molecule has 128 valence electrons. The molecule has 0 radical (unpaired) electrons. The topological polar surface area (TPSA) is 39.2 Å². The lowest BCUT2D eigenvalue weighted by atomic mass is 9.97. The second-order valence-electron chi connectivity index (χ2n) is 5.70. The number of nitrogens with zero attached hydrogens (tertiary/aromatic N) is 1. The molecule has 0 aliphatic carbocycles. The maximum atomic E-state index is 14.2. The first kappa shape index (κ1) is 17.4. The summed E-state index contributed by atoms with van der Waals surface area (Å²) in [6, 6.07) is 10.3. The standard InChI is InChI=1S/C20H17ClFNO2/c1-2-3-10-25-20(24)14-5-4-13-6-7-17(21)19(16(13)11-14)15-8-9-23-12-18(15)22/h4-9,11-12H,2-3,10H2,1H3. The molecule has 0 saturated heterocycles. The van der Waals surface area contributed by atoms with Crippen LogP contribution in [0, 0.1) is 5.82 Å². The fourth-order valence-electron chi connectivity index (χ4n) is 2.66. The summed E-state index contributed by atoms with van der Waals surface area (Å²) in [5, 5.41) is 1.97. The van der Waals surface area contributed by atoms with Gasteiger partial charge in [-0.2, -0.15) is 0 Å². The van der Waals surface area contributed by atoms with E-state index in [9.17, 15) is 9.18 Å². The van der Waals surface area contributed by atoms with Crippen molar-refractivity contribution < 1.29 is 13.9 Å². The second kappa shape index (κ2) is 7.62. The van der Waals surface area contributed by atoms with Crippen LogP contribution in [0.4, 0.5) is 4.39 Å². The van der Waals surface area contributed by atoms with Crippen LogP contribution in [-0.4, -0.2) is 17.6 Å². The van der Waals surface area contributed by atoms with E-state index >= 15 is 0 Å². The highest BCUT2D eigenvalue weighted by atomic mass is 35.5. The summed E-state index contributed by atoms with van der Waals surface area (Å²) in [5.41, 5.74) is 1.31. The smallest absolute Gasteiger partial charge is 0.338 e. The number of benzene rings is 2. The van der Waals surface area contributed by atoms with E-state index in [2.05, 4.69) is 4.98 Å². The van der Waals surface area contributed by atoms with E-state index in [0.29, 0.717) is 33.7 Å². The Hall–Kier alpha value is -2.46. The van der Waals surface area contributed by atoms with Gasteiger partial charge in [0.15, 0.2) is 0 Å². The van der Waals surface area contributed by atoms with E-state index in [0.717, 1.165) is 24.4 Å². The zero-order valence-corrected chi connectivity index (χ0v) is 14.5. The van der Waals surface area contributed by atoms with Gasteiger partial charge < -0.3 is 4.74 Å². The SMILES string of the molecule is CCCCOC(=O)c1ccc2ccc(Cl)c(-c3ccncc3F)c2c1. The lowest BCUT2D eigenvalue weighted by Gasteiger charge is -2.12. The number of carbonyl (C=O) groups excluding carboxylic acids is 1. The van der Waals surface area contributed by atoms with Crippen molar-refractivity contribution in [2.75, 3.05) is 6.61 Å². The summed E-state index contributed by atoms with van der Waals surface area (Å²) >= 11 is 6.34. The van der Waals surface area contributed by atoms with Gasteiger partial charge >= 0.3 is 5.97 Å². The van der Waals surface area contributed by atoms with Gasteiger partial charge in [-0.05, 0) is 41.5 Å². The van der Waals surface area contributed by atoms with Gasteiger partial charge in [-0.3, -0.25) is 4.98 Å². The molecule has 0 amide bonds. The summed E-state index contributed by atoms with van der Waals surface area (Å²) < 4.78 is 19.5. The normalized spacial score (nSPS) is 10.8. The molecule has 0 fully saturated rings. The van der Waals surface area contributed by atoms with Crippen molar-refractivity contribution in [3.8, 4) is 11.1 Å². The molecule has 3 rings (SSSR count). The maximum Gasteiger partial charge on any atom is 0.338 e. The summed E-state index contributed by atoms with van der Waals surface area (Å²) in [6.07, 6.45) is 4.43. The van der Waals surface area contributed by atoms with E-state index in [1.54, 1.807) is 24.3 Å². The van der Waals surface area contributed by atoms with Gasteiger partial charge in [0.1, 0.15) is 5.82 Å². The van der Waals surface area contributed by atoms with Crippen LogP contribution < -0.4 is 0 Å². The number of aromatic nitrogens is 1. The first-order valence-corrected chi connectivity index (χ1v) is 8.49. The molecule has 25 heavy (non-hydrogen) atoms. The Morgan fingerprint density at radius 2 is 2.04 bits per heavy atom. The third kappa shape index (κ3) is 3.64. The van der Waals surface area contributed by atoms with Gasteiger partial charge in [-0.25, -0.2) is 9.18 Å². The summed E-state index contributed by atoms with van der Waals surface area (Å²) in [5.74, 6) is -0.857. The largest absolute Gasteiger partial charge is 0.462 e. The molecule has 1 heterocycles. The molecular weight excluding hydrogens is 341 g/mol. The highest BCUT2D eigenvalue weighted by Gasteiger charge is 2.15. The molecule has 0 spiro atoms. The highest BCUT2D eigenvalue weighted by Crippen LogP contribution is 2.36.